The van der Waals surface area contributed by atoms with E-state index in [-0.39, 0.29) is 5.60 Å². The van der Waals surface area contributed by atoms with Crippen molar-refractivity contribution in [2.24, 2.45) is 0 Å². The first-order valence-corrected chi connectivity index (χ1v) is 6.73. The van der Waals surface area contributed by atoms with Crippen molar-refractivity contribution < 1.29 is 9.47 Å². The summed E-state index contributed by atoms with van der Waals surface area (Å²) in [5.74, 6) is 0. The summed E-state index contributed by atoms with van der Waals surface area (Å²) in [4.78, 5) is 0. The Hall–Kier alpha value is -0.120. The fraction of sp³-hybridized carbons (Fsp3) is 1.00. The van der Waals surface area contributed by atoms with Crippen LogP contribution in [0.4, 0.5) is 0 Å². The van der Waals surface area contributed by atoms with E-state index in [2.05, 4.69) is 12.2 Å². The van der Waals surface area contributed by atoms with Gasteiger partial charge in [0, 0.05) is 25.8 Å². The molecule has 1 aliphatic carbocycles. The van der Waals surface area contributed by atoms with Crippen LogP contribution >= 0.6 is 0 Å². The van der Waals surface area contributed by atoms with Gasteiger partial charge in [0.05, 0.1) is 11.7 Å². The number of hydrogen-bond donors (Lipinski definition) is 1. The lowest BCUT2D eigenvalue weighted by molar-refractivity contribution is -0.136. The maximum Gasteiger partial charge on any atom is 0.0697 e. The van der Waals surface area contributed by atoms with E-state index >= 15 is 0 Å². The van der Waals surface area contributed by atoms with Crippen LogP contribution in [0.2, 0.25) is 0 Å². The Labute approximate surface area is 98.9 Å². The molecule has 1 N–H and O–H groups in total. The van der Waals surface area contributed by atoms with Gasteiger partial charge in [0.25, 0.3) is 0 Å². The van der Waals surface area contributed by atoms with Gasteiger partial charge in [0.15, 0.2) is 0 Å². The third-order valence-corrected chi connectivity index (χ3v) is 3.90. The zero-order valence-electron chi connectivity index (χ0n) is 10.6. The molecule has 1 spiro atoms. The third kappa shape index (κ3) is 2.96. The maximum absolute atomic E-state index is 5.91. The molecule has 94 valence electrons. The molecule has 3 heteroatoms. The largest absolute Gasteiger partial charge is 0.377 e. The molecule has 16 heavy (non-hydrogen) atoms. The first kappa shape index (κ1) is 12.3. The van der Waals surface area contributed by atoms with E-state index in [1.807, 2.05) is 6.92 Å². The lowest BCUT2D eigenvalue weighted by atomic mass is 9.74. The second-order valence-electron chi connectivity index (χ2n) is 5.25. The zero-order valence-corrected chi connectivity index (χ0v) is 10.6. The van der Waals surface area contributed by atoms with Gasteiger partial charge in [-0.25, -0.2) is 0 Å². The molecule has 0 bridgehead atoms. The Kier molecular flexibility index (Phi) is 4.22. The number of ether oxygens (including phenoxy) is 2. The quantitative estimate of drug-likeness (QED) is 0.780. The van der Waals surface area contributed by atoms with Gasteiger partial charge in [0.2, 0.25) is 0 Å². The molecule has 1 saturated carbocycles. The summed E-state index contributed by atoms with van der Waals surface area (Å²) in [6.45, 7) is 6.89. The molecule has 2 aliphatic rings. The molecule has 1 aliphatic heterocycles. The molecular weight excluding hydrogens is 202 g/mol. The Bertz CT molecular complexity index is 216. The predicted octanol–water partition coefficient (Wildman–Crippen LogP) is 2.10. The van der Waals surface area contributed by atoms with E-state index < -0.39 is 0 Å². The van der Waals surface area contributed by atoms with Crippen LogP contribution in [0.1, 0.15) is 46.0 Å². The number of nitrogens with one attached hydrogen (secondary N) is 1. The molecule has 0 aromatic rings. The molecule has 0 aromatic carbocycles. The van der Waals surface area contributed by atoms with Crippen molar-refractivity contribution in [2.75, 3.05) is 19.8 Å². The molecule has 2 rings (SSSR count). The van der Waals surface area contributed by atoms with E-state index in [0.29, 0.717) is 12.1 Å². The van der Waals surface area contributed by atoms with Crippen molar-refractivity contribution in [3.05, 3.63) is 0 Å². The van der Waals surface area contributed by atoms with Gasteiger partial charge in [-0.05, 0) is 46.0 Å². The topological polar surface area (TPSA) is 30.5 Å². The summed E-state index contributed by atoms with van der Waals surface area (Å²) in [5.41, 5.74) is 0.255. The first-order valence-electron chi connectivity index (χ1n) is 6.73. The van der Waals surface area contributed by atoms with Gasteiger partial charge in [-0.2, -0.15) is 0 Å². The average Bonchev–Trinajstić information content (AvgIpc) is 2.25. The average molecular weight is 227 g/mol. The summed E-state index contributed by atoms with van der Waals surface area (Å²) in [6.07, 6.45) is 6.57. The molecule has 3 nitrogen and oxygen atoms in total. The highest BCUT2D eigenvalue weighted by atomic mass is 16.5. The van der Waals surface area contributed by atoms with Crippen LogP contribution in [0.3, 0.4) is 0 Å². The van der Waals surface area contributed by atoms with Crippen molar-refractivity contribution in [3.8, 4) is 0 Å². The van der Waals surface area contributed by atoms with Crippen LogP contribution in [0.15, 0.2) is 0 Å². The summed E-state index contributed by atoms with van der Waals surface area (Å²) in [5, 5.41) is 3.62. The second kappa shape index (κ2) is 5.48. The van der Waals surface area contributed by atoms with Crippen molar-refractivity contribution in [1.29, 1.82) is 0 Å². The van der Waals surface area contributed by atoms with Crippen molar-refractivity contribution >= 4 is 0 Å². The molecule has 0 radical (unpaired) electrons. The van der Waals surface area contributed by atoms with E-state index in [9.17, 15) is 0 Å². The highest BCUT2D eigenvalue weighted by Gasteiger charge is 2.42. The summed E-state index contributed by atoms with van der Waals surface area (Å²) < 4.78 is 11.4. The molecule has 1 saturated heterocycles. The normalized spacial score (nSPS) is 30.0. The van der Waals surface area contributed by atoms with Crippen LogP contribution in [0.25, 0.3) is 0 Å². The second-order valence-corrected chi connectivity index (χ2v) is 5.25. The van der Waals surface area contributed by atoms with E-state index in [1.54, 1.807) is 0 Å². The predicted molar refractivity (Wildman–Crippen MR) is 64.6 cm³/mol. The summed E-state index contributed by atoms with van der Waals surface area (Å²) in [6, 6.07) is 0.636. The van der Waals surface area contributed by atoms with E-state index in [0.717, 1.165) is 26.2 Å². The van der Waals surface area contributed by atoms with E-state index in [1.165, 1.54) is 25.7 Å². The van der Waals surface area contributed by atoms with Crippen LogP contribution in [0, 0.1) is 0 Å². The smallest absolute Gasteiger partial charge is 0.0697 e. The van der Waals surface area contributed by atoms with Crippen LogP contribution in [0.5, 0.6) is 0 Å². The molecule has 0 amide bonds. The third-order valence-electron chi connectivity index (χ3n) is 3.90. The van der Waals surface area contributed by atoms with Gasteiger partial charge < -0.3 is 14.8 Å². The number of rotatable bonds is 5. The lowest BCUT2D eigenvalue weighted by Gasteiger charge is -2.47. The molecule has 0 aromatic heterocycles. The first-order chi connectivity index (χ1) is 7.74. The Morgan fingerprint density at radius 1 is 1.50 bits per heavy atom. The minimum absolute atomic E-state index is 0.255. The molecule has 1 heterocycles. The van der Waals surface area contributed by atoms with Gasteiger partial charge in [-0.15, -0.1) is 0 Å². The van der Waals surface area contributed by atoms with Crippen LogP contribution in [-0.4, -0.2) is 37.5 Å². The van der Waals surface area contributed by atoms with Crippen LogP contribution < -0.4 is 5.32 Å². The zero-order chi connectivity index (χ0) is 11.4. The maximum atomic E-state index is 5.91. The molecule has 2 unspecified atom stereocenters. The lowest BCUT2D eigenvalue weighted by Crippen LogP contribution is -2.51. The summed E-state index contributed by atoms with van der Waals surface area (Å²) >= 11 is 0. The summed E-state index contributed by atoms with van der Waals surface area (Å²) in [7, 11) is 0. The Morgan fingerprint density at radius 3 is 2.94 bits per heavy atom. The molecular formula is C13H25NO2. The van der Waals surface area contributed by atoms with Crippen LogP contribution in [-0.2, 0) is 9.47 Å². The minimum atomic E-state index is 0.255. The minimum Gasteiger partial charge on any atom is -0.377 e. The molecule has 2 atom stereocenters. The Morgan fingerprint density at radius 2 is 2.31 bits per heavy atom. The van der Waals surface area contributed by atoms with E-state index in [4.69, 9.17) is 9.47 Å². The van der Waals surface area contributed by atoms with Crippen molar-refractivity contribution in [3.63, 3.8) is 0 Å². The fourth-order valence-electron chi connectivity index (χ4n) is 2.80. The highest BCUT2D eigenvalue weighted by molar-refractivity contribution is 4.96. The monoisotopic (exact) mass is 227 g/mol. The van der Waals surface area contributed by atoms with Crippen molar-refractivity contribution in [1.82, 2.24) is 5.32 Å². The van der Waals surface area contributed by atoms with Gasteiger partial charge in [0.1, 0.15) is 0 Å². The fourth-order valence-corrected chi connectivity index (χ4v) is 2.80. The van der Waals surface area contributed by atoms with Crippen molar-refractivity contribution in [2.45, 2.75) is 63.7 Å². The van der Waals surface area contributed by atoms with Gasteiger partial charge in [-0.3, -0.25) is 0 Å². The SMILES string of the molecule is CCOC(C)CNC1CCOC2(CCC2)C1. The van der Waals surface area contributed by atoms with Gasteiger partial charge >= 0.3 is 0 Å². The molecule has 2 fully saturated rings. The Balaban J connectivity index is 1.69. The standard InChI is InChI=1S/C13H25NO2/c1-3-15-11(2)10-14-12-5-8-16-13(9-12)6-4-7-13/h11-12,14H,3-10H2,1-2H3. The number of hydrogen-bond acceptors (Lipinski definition) is 3. The highest BCUT2D eigenvalue weighted by Crippen LogP contribution is 2.42. The van der Waals surface area contributed by atoms with Gasteiger partial charge in [-0.1, -0.05) is 0 Å².